The number of aliphatic hydroxyl groups excluding tert-OH is 2. The summed E-state index contributed by atoms with van der Waals surface area (Å²) in [4.78, 5) is 9.20. The predicted octanol–water partition coefficient (Wildman–Crippen LogP) is 2.15. The molecule has 0 radical (unpaired) electrons. The molecule has 1 aromatic rings. The van der Waals surface area contributed by atoms with Crippen LogP contribution in [0, 0.1) is 19.8 Å². The molecule has 0 aromatic carbocycles. The third kappa shape index (κ3) is 4.59. The molecule has 7 heteroatoms. The number of aryl methyl sites for hydroxylation is 1. The Hall–Kier alpha value is -0.890. The van der Waals surface area contributed by atoms with Crippen LogP contribution in [0.5, 0.6) is 0 Å². The van der Waals surface area contributed by atoms with Crippen LogP contribution in [0.25, 0.3) is 0 Å². The molecule has 0 amide bonds. The van der Waals surface area contributed by atoms with Crippen molar-refractivity contribution in [3.05, 3.63) is 11.3 Å². The Morgan fingerprint density at radius 1 is 1.33 bits per heavy atom. The normalized spacial score (nSPS) is 26.8. The Balaban J connectivity index is 2.10. The van der Waals surface area contributed by atoms with Crippen molar-refractivity contribution in [2.45, 2.75) is 63.9 Å². The SMILES string of the molecule is CCCSc1nc(C)c(C)c(NC2C[C@H](OCCO)C(O)[C@H]2C)n1. The molecule has 1 aliphatic carbocycles. The summed E-state index contributed by atoms with van der Waals surface area (Å²) in [7, 11) is 0. The standard InChI is InChI=1S/C17H29N3O3S/c1-5-8-24-17-18-12(4)10(2)16(20-17)19-13-9-14(23-7-6-21)15(22)11(13)3/h11,13-15,21-22H,5-9H2,1-4H3,(H,18,19,20)/t11-,13?,14-,15?/m0/s1. The molecule has 4 atom stereocenters. The van der Waals surface area contributed by atoms with Crippen molar-refractivity contribution in [1.29, 1.82) is 0 Å². The monoisotopic (exact) mass is 355 g/mol. The van der Waals surface area contributed by atoms with Crippen molar-refractivity contribution in [3.8, 4) is 0 Å². The predicted molar refractivity (Wildman–Crippen MR) is 96.5 cm³/mol. The lowest BCUT2D eigenvalue weighted by atomic mass is 10.0. The second-order valence-electron chi connectivity index (χ2n) is 6.38. The van der Waals surface area contributed by atoms with Crippen LogP contribution in [0.1, 0.15) is 37.9 Å². The van der Waals surface area contributed by atoms with E-state index in [0.29, 0.717) is 6.42 Å². The highest BCUT2D eigenvalue weighted by Crippen LogP contribution is 2.32. The van der Waals surface area contributed by atoms with E-state index in [2.05, 4.69) is 22.2 Å². The van der Waals surface area contributed by atoms with Crippen molar-refractivity contribution < 1.29 is 14.9 Å². The van der Waals surface area contributed by atoms with Crippen LogP contribution in [0.3, 0.4) is 0 Å². The molecular weight excluding hydrogens is 326 g/mol. The summed E-state index contributed by atoms with van der Waals surface area (Å²) in [6.45, 7) is 8.39. The van der Waals surface area contributed by atoms with Crippen molar-refractivity contribution in [2.24, 2.45) is 5.92 Å². The number of nitrogens with one attached hydrogen (secondary N) is 1. The molecule has 6 nitrogen and oxygen atoms in total. The van der Waals surface area contributed by atoms with Gasteiger partial charge in [0, 0.05) is 29.0 Å². The molecule has 1 aliphatic rings. The van der Waals surface area contributed by atoms with Crippen LogP contribution in [-0.2, 0) is 4.74 Å². The molecule has 0 spiro atoms. The van der Waals surface area contributed by atoms with Gasteiger partial charge in [0.05, 0.1) is 25.4 Å². The van der Waals surface area contributed by atoms with Crippen LogP contribution >= 0.6 is 11.8 Å². The lowest BCUT2D eigenvalue weighted by molar-refractivity contribution is -0.0402. The molecule has 1 saturated carbocycles. The molecule has 0 aliphatic heterocycles. The minimum absolute atomic E-state index is 0.0298. The topological polar surface area (TPSA) is 87.5 Å². The quantitative estimate of drug-likeness (QED) is 0.486. The first-order valence-electron chi connectivity index (χ1n) is 8.63. The van der Waals surface area contributed by atoms with E-state index in [-0.39, 0.29) is 31.3 Å². The second-order valence-corrected chi connectivity index (χ2v) is 7.44. The van der Waals surface area contributed by atoms with Gasteiger partial charge in [0.1, 0.15) is 5.82 Å². The van der Waals surface area contributed by atoms with E-state index in [9.17, 15) is 5.11 Å². The Kier molecular flexibility index (Phi) is 7.28. The zero-order chi connectivity index (χ0) is 17.7. The number of ether oxygens (including phenoxy) is 1. The Morgan fingerprint density at radius 3 is 2.75 bits per heavy atom. The minimum Gasteiger partial charge on any atom is -0.394 e. The molecule has 1 fully saturated rings. The van der Waals surface area contributed by atoms with Gasteiger partial charge in [-0.05, 0) is 26.7 Å². The van der Waals surface area contributed by atoms with Gasteiger partial charge < -0.3 is 20.3 Å². The highest BCUT2D eigenvalue weighted by Gasteiger charge is 2.40. The van der Waals surface area contributed by atoms with Crippen LogP contribution in [0.4, 0.5) is 5.82 Å². The third-order valence-corrected chi connectivity index (χ3v) is 5.64. The van der Waals surface area contributed by atoms with Gasteiger partial charge in [0.15, 0.2) is 5.16 Å². The van der Waals surface area contributed by atoms with Crippen LogP contribution in [0.15, 0.2) is 5.16 Å². The molecule has 0 bridgehead atoms. The Labute approximate surface area is 148 Å². The van der Waals surface area contributed by atoms with Gasteiger partial charge in [-0.2, -0.15) is 0 Å². The Bertz CT molecular complexity index is 544. The maximum absolute atomic E-state index is 10.3. The molecule has 136 valence electrons. The van der Waals surface area contributed by atoms with E-state index in [1.165, 1.54) is 0 Å². The molecule has 2 rings (SSSR count). The fraction of sp³-hybridized carbons (Fsp3) is 0.765. The van der Waals surface area contributed by atoms with Crippen LogP contribution in [-0.4, -0.2) is 57.4 Å². The summed E-state index contributed by atoms with van der Waals surface area (Å²) in [5.41, 5.74) is 2.02. The molecule has 0 saturated heterocycles. The average Bonchev–Trinajstić information content (AvgIpc) is 2.83. The first-order valence-corrected chi connectivity index (χ1v) is 9.61. The zero-order valence-corrected chi connectivity index (χ0v) is 15.8. The highest BCUT2D eigenvalue weighted by atomic mass is 32.2. The van der Waals surface area contributed by atoms with E-state index in [0.717, 1.165) is 34.4 Å². The van der Waals surface area contributed by atoms with Crippen molar-refractivity contribution in [1.82, 2.24) is 9.97 Å². The molecule has 24 heavy (non-hydrogen) atoms. The zero-order valence-electron chi connectivity index (χ0n) is 15.0. The number of thioether (sulfide) groups is 1. The first-order chi connectivity index (χ1) is 11.5. The molecule has 2 unspecified atom stereocenters. The van der Waals surface area contributed by atoms with Crippen molar-refractivity contribution in [3.63, 3.8) is 0 Å². The lowest BCUT2D eigenvalue weighted by Gasteiger charge is -2.21. The summed E-state index contributed by atoms with van der Waals surface area (Å²) < 4.78 is 5.56. The largest absolute Gasteiger partial charge is 0.394 e. The summed E-state index contributed by atoms with van der Waals surface area (Å²) in [6, 6.07) is 0.0840. The van der Waals surface area contributed by atoms with E-state index < -0.39 is 6.10 Å². The van der Waals surface area contributed by atoms with E-state index in [1.807, 2.05) is 20.8 Å². The second kappa shape index (κ2) is 8.99. The summed E-state index contributed by atoms with van der Waals surface area (Å²) in [5, 5.41) is 23.5. The van der Waals surface area contributed by atoms with Gasteiger partial charge in [-0.25, -0.2) is 9.97 Å². The highest BCUT2D eigenvalue weighted by molar-refractivity contribution is 7.99. The number of hydrogen-bond acceptors (Lipinski definition) is 7. The van der Waals surface area contributed by atoms with Crippen LogP contribution in [0.2, 0.25) is 0 Å². The van der Waals surface area contributed by atoms with Gasteiger partial charge in [-0.3, -0.25) is 0 Å². The van der Waals surface area contributed by atoms with E-state index in [1.54, 1.807) is 11.8 Å². The molecule has 1 heterocycles. The first kappa shape index (κ1) is 19.4. The number of aliphatic hydroxyl groups is 2. The fourth-order valence-electron chi connectivity index (χ4n) is 2.92. The number of aromatic nitrogens is 2. The van der Waals surface area contributed by atoms with E-state index >= 15 is 0 Å². The van der Waals surface area contributed by atoms with Gasteiger partial charge in [0.25, 0.3) is 0 Å². The van der Waals surface area contributed by atoms with Crippen molar-refractivity contribution >= 4 is 17.6 Å². The maximum atomic E-state index is 10.3. The summed E-state index contributed by atoms with van der Waals surface area (Å²) in [5.74, 6) is 1.89. The summed E-state index contributed by atoms with van der Waals surface area (Å²) in [6.07, 6.45) is 0.995. The third-order valence-electron chi connectivity index (χ3n) is 4.59. The number of rotatable bonds is 8. The number of hydrogen-bond donors (Lipinski definition) is 3. The van der Waals surface area contributed by atoms with Gasteiger partial charge in [0.2, 0.25) is 0 Å². The molecule has 1 aromatic heterocycles. The van der Waals surface area contributed by atoms with Gasteiger partial charge in [-0.1, -0.05) is 25.6 Å². The Morgan fingerprint density at radius 2 is 2.08 bits per heavy atom. The van der Waals surface area contributed by atoms with Crippen molar-refractivity contribution in [2.75, 3.05) is 24.3 Å². The number of anilines is 1. The van der Waals surface area contributed by atoms with Crippen LogP contribution < -0.4 is 5.32 Å². The number of nitrogens with zero attached hydrogens (tertiary/aromatic N) is 2. The molecule has 3 N–H and O–H groups in total. The van der Waals surface area contributed by atoms with E-state index in [4.69, 9.17) is 9.84 Å². The minimum atomic E-state index is -0.536. The van der Waals surface area contributed by atoms with Gasteiger partial charge >= 0.3 is 0 Å². The lowest BCUT2D eigenvalue weighted by Crippen LogP contribution is -2.30. The summed E-state index contributed by atoms with van der Waals surface area (Å²) >= 11 is 1.66. The fourth-order valence-corrected chi connectivity index (χ4v) is 3.66. The van der Waals surface area contributed by atoms with Gasteiger partial charge in [-0.15, -0.1) is 0 Å². The maximum Gasteiger partial charge on any atom is 0.189 e. The smallest absolute Gasteiger partial charge is 0.189 e. The average molecular weight is 356 g/mol. The molecular formula is C17H29N3O3S.